The lowest BCUT2D eigenvalue weighted by molar-refractivity contribution is -0.138. The number of nitrogens with one attached hydrogen (secondary N) is 1. The zero-order valence-electron chi connectivity index (χ0n) is 13.1. The summed E-state index contributed by atoms with van der Waals surface area (Å²) in [5, 5.41) is 20.0. The number of rotatable bonds is 7. The Kier molecular flexibility index (Phi) is 9.75. The molecule has 0 aliphatic heterocycles. The third-order valence-corrected chi connectivity index (χ3v) is 9.48. The van der Waals surface area contributed by atoms with E-state index in [4.69, 9.17) is 10.2 Å². The van der Waals surface area contributed by atoms with Crippen molar-refractivity contribution >= 4 is 114 Å². The molecular formula is C14H12I4N2O6. The molecule has 0 fully saturated rings. The predicted octanol–water partition coefficient (Wildman–Crippen LogP) is 2.47. The van der Waals surface area contributed by atoms with Gasteiger partial charge in [0.1, 0.15) is 13.1 Å². The summed E-state index contributed by atoms with van der Waals surface area (Å²) in [5.74, 6) is -3.25. The average Bonchev–Trinajstić information content (AvgIpc) is 2.56. The third-order valence-electron chi connectivity index (χ3n) is 3.10. The second-order valence-corrected chi connectivity index (χ2v) is 9.11. The van der Waals surface area contributed by atoms with E-state index in [1.54, 1.807) is 6.92 Å². The van der Waals surface area contributed by atoms with Gasteiger partial charge in [-0.25, -0.2) is 0 Å². The number of hydrogen-bond acceptors (Lipinski definition) is 4. The fraction of sp³-hybridized carbons (Fsp3) is 0.286. The van der Waals surface area contributed by atoms with Crippen LogP contribution in [-0.4, -0.2) is 58.5 Å². The molecule has 0 saturated heterocycles. The maximum absolute atomic E-state index is 12.8. The molecule has 0 radical (unpaired) electrons. The smallest absolute Gasteiger partial charge is 0.323 e. The number of likely N-dealkylation sites (N-methyl/N-ethyl adjacent to an activating group) is 1. The minimum atomic E-state index is -1.16. The topological polar surface area (TPSA) is 124 Å². The van der Waals surface area contributed by atoms with Crippen molar-refractivity contribution in [2.75, 3.05) is 19.6 Å². The van der Waals surface area contributed by atoms with Gasteiger partial charge in [0.15, 0.2) is 0 Å². The van der Waals surface area contributed by atoms with Crippen molar-refractivity contribution in [2.45, 2.75) is 6.92 Å². The molecule has 0 atom stereocenters. The monoisotopic (exact) mass is 812 g/mol. The Bertz CT molecular complexity index is 754. The highest BCUT2D eigenvalue weighted by Crippen LogP contribution is 2.33. The number of carboxylic acids is 2. The molecule has 0 aliphatic carbocycles. The summed E-state index contributed by atoms with van der Waals surface area (Å²) >= 11 is 7.74. The summed E-state index contributed by atoms with van der Waals surface area (Å²) in [6.45, 7) is 0.978. The van der Waals surface area contributed by atoms with Gasteiger partial charge in [-0.15, -0.1) is 0 Å². The summed E-state index contributed by atoms with van der Waals surface area (Å²) in [7, 11) is 0. The fourth-order valence-electron chi connectivity index (χ4n) is 1.91. The molecule has 2 amide bonds. The highest BCUT2D eigenvalue weighted by Gasteiger charge is 2.29. The standard InChI is InChI=1S/C14H12I4N2O6/c1-2-20(4-6(23)24)14(26)8-11(17)9(15)7(10(16)12(8)18)13(25)19-3-5(21)22/h2-4H2,1H3,(H,19,25)(H,21,22)(H,23,24). The van der Waals surface area contributed by atoms with Crippen molar-refractivity contribution in [3.8, 4) is 0 Å². The lowest BCUT2D eigenvalue weighted by Crippen LogP contribution is -2.37. The van der Waals surface area contributed by atoms with E-state index in [9.17, 15) is 19.2 Å². The lowest BCUT2D eigenvalue weighted by atomic mass is 10.1. The highest BCUT2D eigenvalue weighted by molar-refractivity contribution is 14.1. The van der Waals surface area contributed by atoms with E-state index in [2.05, 4.69) is 5.32 Å². The first-order valence-electron chi connectivity index (χ1n) is 6.89. The van der Waals surface area contributed by atoms with Crippen molar-refractivity contribution in [3.05, 3.63) is 25.4 Å². The summed E-state index contributed by atoms with van der Waals surface area (Å²) in [5.41, 5.74) is 0.622. The molecule has 3 N–H and O–H groups in total. The lowest BCUT2D eigenvalue weighted by Gasteiger charge is -2.22. The van der Waals surface area contributed by atoms with E-state index in [0.29, 0.717) is 25.4 Å². The van der Waals surface area contributed by atoms with Crippen LogP contribution in [0.5, 0.6) is 0 Å². The molecule has 8 nitrogen and oxygen atoms in total. The molecule has 0 spiro atoms. The Morgan fingerprint density at radius 3 is 1.73 bits per heavy atom. The number of halogens is 4. The first kappa shape index (κ1) is 24.1. The number of hydrogen-bond donors (Lipinski definition) is 3. The van der Waals surface area contributed by atoms with Crippen LogP contribution < -0.4 is 5.32 Å². The fourth-order valence-corrected chi connectivity index (χ4v) is 6.05. The zero-order chi connectivity index (χ0) is 20.2. The number of carbonyl (C=O) groups excluding carboxylic acids is 2. The molecule has 26 heavy (non-hydrogen) atoms. The van der Waals surface area contributed by atoms with Crippen LogP contribution in [-0.2, 0) is 9.59 Å². The van der Waals surface area contributed by atoms with Crippen molar-refractivity contribution < 1.29 is 29.4 Å². The van der Waals surface area contributed by atoms with Gasteiger partial charge in [-0.2, -0.15) is 0 Å². The molecule has 1 aromatic rings. The number of nitrogens with zero attached hydrogens (tertiary/aromatic N) is 1. The van der Waals surface area contributed by atoms with Crippen LogP contribution >= 0.6 is 90.4 Å². The Balaban J connectivity index is 3.42. The van der Waals surface area contributed by atoms with Crippen LogP contribution in [0.1, 0.15) is 27.6 Å². The van der Waals surface area contributed by atoms with Crippen molar-refractivity contribution in [1.29, 1.82) is 0 Å². The highest BCUT2D eigenvalue weighted by atomic mass is 127. The molecule has 1 rings (SSSR count). The molecular weight excluding hydrogens is 800 g/mol. The summed E-state index contributed by atoms with van der Waals surface area (Å²) in [6.07, 6.45) is 0. The second kappa shape index (κ2) is 10.5. The maximum atomic E-state index is 12.8. The molecule has 0 saturated carbocycles. The number of aliphatic carboxylic acids is 2. The molecule has 12 heteroatoms. The van der Waals surface area contributed by atoms with Gasteiger partial charge in [-0.05, 0) is 97.3 Å². The maximum Gasteiger partial charge on any atom is 0.323 e. The van der Waals surface area contributed by atoms with E-state index in [1.165, 1.54) is 4.90 Å². The van der Waals surface area contributed by atoms with E-state index in [-0.39, 0.29) is 6.54 Å². The van der Waals surface area contributed by atoms with Crippen LogP contribution in [0.2, 0.25) is 0 Å². The van der Waals surface area contributed by atoms with Gasteiger partial charge in [0.25, 0.3) is 11.8 Å². The van der Waals surface area contributed by atoms with E-state index in [0.717, 1.165) is 0 Å². The zero-order valence-corrected chi connectivity index (χ0v) is 21.7. The van der Waals surface area contributed by atoms with Crippen LogP contribution in [0.4, 0.5) is 0 Å². The van der Waals surface area contributed by atoms with Gasteiger partial charge in [-0.3, -0.25) is 19.2 Å². The summed E-state index contributed by atoms with van der Waals surface area (Å²) in [4.78, 5) is 48.0. The number of amides is 2. The molecule has 0 aliphatic rings. The van der Waals surface area contributed by atoms with Crippen LogP contribution in [0.3, 0.4) is 0 Å². The third kappa shape index (κ3) is 5.76. The molecule has 0 bridgehead atoms. The van der Waals surface area contributed by atoms with Gasteiger partial charge >= 0.3 is 11.9 Å². The molecule has 142 valence electrons. The van der Waals surface area contributed by atoms with Gasteiger partial charge in [0.05, 0.1) is 11.1 Å². The number of carbonyl (C=O) groups is 4. The Morgan fingerprint density at radius 2 is 1.35 bits per heavy atom. The second-order valence-electron chi connectivity index (χ2n) is 4.80. The van der Waals surface area contributed by atoms with Gasteiger partial charge in [-0.1, -0.05) is 0 Å². The van der Waals surface area contributed by atoms with Crippen LogP contribution in [0, 0.1) is 14.3 Å². The first-order valence-corrected chi connectivity index (χ1v) is 11.2. The van der Waals surface area contributed by atoms with Crippen molar-refractivity contribution in [1.82, 2.24) is 10.2 Å². The van der Waals surface area contributed by atoms with Crippen molar-refractivity contribution in [3.63, 3.8) is 0 Å². The van der Waals surface area contributed by atoms with Crippen LogP contribution in [0.25, 0.3) is 0 Å². The van der Waals surface area contributed by atoms with Gasteiger partial charge in [0, 0.05) is 20.8 Å². The Hall–Kier alpha value is 0.0200. The minimum absolute atomic E-state index is 0.227. The molecule has 0 aromatic heterocycles. The van der Waals surface area contributed by atoms with Gasteiger partial charge < -0.3 is 20.4 Å². The Morgan fingerprint density at radius 1 is 0.885 bits per heavy atom. The summed E-state index contributed by atoms with van der Waals surface area (Å²) < 4.78 is 2.04. The quantitative estimate of drug-likeness (QED) is 0.288. The molecule has 1 aromatic carbocycles. The number of benzene rings is 1. The minimum Gasteiger partial charge on any atom is -0.480 e. The Labute approximate surface area is 203 Å². The normalized spacial score (nSPS) is 10.3. The SMILES string of the molecule is CCN(CC(=O)O)C(=O)c1c(I)c(I)c(C(=O)NCC(=O)O)c(I)c1I. The average molecular weight is 812 g/mol. The predicted molar refractivity (Wildman–Crippen MR) is 126 cm³/mol. The summed E-state index contributed by atoms with van der Waals surface area (Å²) in [6, 6.07) is 0. The largest absolute Gasteiger partial charge is 0.480 e. The van der Waals surface area contributed by atoms with Crippen LogP contribution in [0.15, 0.2) is 0 Å². The van der Waals surface area contributed by atoms with E-state index < -0.39 is 36.8 Å². The van der Waals surface area contributed by atoms with E-state index >= 15 is 0 Å². The van der Waals surface area contributed by atoms with E-state index in [1.807, 2.05) is 90.4 Å². The number of carboxylic acid groups (broad SMARTS) is 2. The molecule has 0 unspecified atom stereocenters. The van der Waals surface area contributed by atoms with Gasteiger partial charge in [0.2, 0.25) is 0 Å². The first-order chi connectivity index (χ1) is 12.0. The van der Waals surface area contributed by atoms with Crippen molar-refractivity contribution in [2.24, 2.45) is 0 Å². The molecule has 0 heterocycles.